The van der Waals surface area contributed by atoms with Crippen LogP contribution in [0.1, 0.15) is 31.9 Å². The van der Waals surface area contributed by atoms with E-state index in [-0.39, 0.29) is 11.6 Å². The van der Waals surface area contributed by atoms with Gasteiger partial charge < -0.3 is 16.0 Å². The molecule has 3 N–H and O–H groups in total. The number of nitrogen functional groups attached to an aromatic ring is 1. The summed E-state index contributed by atoms with van der Waals surface area (Å²) in [5.41, 5.74) is 8.89. The third-order valence-corrected chi connectivity index (χ3v) is 3.08. The average molecular weight is 247 g/mol. The number of urea groups is 1. The Balaban J connectivity index is 2.12. The molecule has 1 aromatic rings. The molecule has 0 unspecified atom stereocenters. The van der Waals surface area contributed by atoms with E-state index in [9.17, 15) is 4.79 Å². The van der Waals surface area contributed by atoms with Gasteiger partial charge in [-0.25, -0.2) is 4.79 Å². The molecule has 0 atom stereocenters. The van der Waals surface area contributed by atoms with Crippen LogP contribution in [-0.2, 0) is 13.0 Å². The Morgan fingerprint density at radius 1 is 1.39 bits per heavy atom. The Kier molecular flexibility index (Phi) is 3.20. The summed E-state index contributed by atoms with van der Waals surface area (Å²) in [5, 5.41) is 2.99. The van der Waals surface area contributed by atoms with E-state index in [1.165, 1.54) is 5.56 Å². The lowest BCUT2D eigenvalue weighted by Crippen LogP contribution is -2.49. The van der Waals surface area contributed by atoms with Gasteiger partial charge in [-0.15, -0.1) is 0 Å². The molecule has 2 amide bonds. The number of hydrogen-bond donors (Lipinski definition) is 2. The molecule has 0 saturated heterocycles. The van der Waals surface area contributed by atoms with Crippen LogP contribution in [0, 0.1) is 0 Å². The maximum Gasteiger partial charge on any atom is 0.318 e. The molecule has 0 saturated carbocycles. The first kappa shape index (κ1) is 12.7. The lowest BCUT2D eigenvalue weighted by molar-refractivity contribution is 0.183. The Morgan fingerprint density at radius 2 is 2.11 bits per heavy atom. The molecular formula is C14H21N3O. The van der Waals surface area contributed by atoms with Gasteiger partial charge in [0.1, 0.15) is 0 Å². The summed E-state index contributed by atoms with van der Waals surface area (Å²) < 4.78 is 0. The molecular weight excluding hydrogens is 226 g/mol. The predicted octanol–water partition coefficient (Wildman–Crippen LogP) is 2.14. The van der Waals surface area contributed by atoms with Crippen molar-refractivity contribution in [2.75, 3.05) is 12.3 Å². The van der Waals surface area contributed by atoms with Crippen LogP contribution in [0.2, 0.25) is 0 Å². The molecule has 0 aliphatic carbocycles. The second kappa shape index (κ2) is 4.52. The second-order valence-electron chi connectivity index (χ2n) is 5.84. The van der Waals surface area contributed by atoms with Crippen molar-refractivity contribution < 1.29 is 4.79 Å². The first-order chi connectivity index (χ1) is 8.37. The molecule has 0 spiro atoms. The molecule has 98 valence electrons. The maximum absolute atomic E-state index is 12.1. The van der Waals surface area contributed by atoms with Crippen molar-refractivity contribution in [3.05, 3.63) is 29.3 Å². The number of nitrogens with two attached hydrogens (primary N) is 1. The fraction of sp³-hybridized carbons (Fsp3) is 0.500. The largest absolute Gasteiger partial charge is 0.398 e. The van der Waals surface area contributed by atoms with Crippen molar-refractivity contribution in [3.63, 3.8) is 0 Å². The lowest BCUT2D eigenvalue weighted by atomic mass is 9.98. The number of nitrogens with one attached hydrogen (secondary N) is 1. The highest BCUT2D eigenvalue weighted by Gasteiger charge is 2.24. The van der Waals surface area contributed by atoms with E-state index in [0.717, 1.165) is 24.2 Å². The molecule has 1 aliphatic heterocycles. The van der Waals surface area contributed by atoms with Gasteiger partial charge in [-0.05, 0) is 44.4 Å². The molecule has 0 bridgehead atoms. The van der Waals surface area contributed by atoms with Crippen LogP contribution in [-0.4, -0.2) is 23.0 Å². The molecule has 1 heterocycles. The van der Waals surface area contributed by atoms with Crippen LogP contribution >= 0.6 is 0 Å². The topological polar surface area (TPSA) is 58.4 Å². The van der Waals surface area contributed by atoms with E-state index < -0.39 is 0 Å². The Labute approximate surface area is 108 Å². The predicted molar refractivity (Wildman–Crippen MR) is 73.3 cm³/mol. The van der Waals surface area contributed by atoms with Gasteiger partial charge in [0, 0.05) is 24.3 Å². The fourth-order valence-electron chi connectivity index (χ4n) is 2.18. The molecule has 4 nitrogen and oxygen atoms in total. The lowest BCUT2D eigenvalue weighted by Gasteiger charge is -2.32. The maximum atomic E-state index is 12.1. The summed E-state index contributed by atoms with van der Waals surface area (Å²) in [6.07, 6.45) is 0.873. The van der Waals surface area contributed by atoms with E-state index in [4.69, 9.17) is 5.73 Å². The smallest absolute Gasteiger partial charge is 0.318 e. The van der Waals surface area contributed by atoms with Crippen molar-refractivity contribution in [1.29, 1.82) is 0 Å². The molecule has 1 aromatic carbocycles. The zero-order valence-electron chi connectivity index (χ0n) is 11.3. The molecule has 4 heteroatoms. The quantitative estimate of drug-likeness (QED) is 0.690. The summed E-state index contributed by atoms with van der Waals surface area (Å²) in [6.45, 7) is 7.30. The van der Waals surface area contributed by atoms with Crippen molar-refractivity contribution >= 4 is 11.7 Å². The average Bonchev–Trinajstić information content (AvgIpc) is 2.27. The number of fused-ring (bicyclic) bond motifs is 1. The van der Waals surface area contributed by atoms with Crippen LogP contribution < -0.4 is 11.1 Å². The Morgan fingerprint density at radius 3 is 2.78 bits per heavy atom. The van der Waals surface area contributed by atoms with Gasteiger partial charge in [0.25, 0.3) is 0 Å². The van der Waals surface area contributed by atoms with E-state index in [1.807, 2.05) is 37.8 Å². The minimum Gasteiger partial charge on any atom is -0.398 e. The third-order valence-electron chi connectivity index (χ3n) is 3.08. The zero-order chi connectivity index (χ0) is 13.3. The van der Waals surface area contributed by atoms with Gasteiger partial charge >= 0.3 is 6.03 Å². The molecule has 0 aromatic heterocycles. The van der Waals surface area contributed by atoms with Gasteiger partial charge in [0.2, 0.25) is 0 Å². The molecule has 2 rings (SSSR count). The molecule has 0 radical (unpaired) electrons. The van der Waals surface area contributed by atoms with E-state index in [2.05, 4.69) is 11.4 Å². The summed E-state index contributed by atoms with van der Waals surface area (Å²) >= 11 is 0. The first-order valence-electron chi connectivity index (χ1n) is 6.30. The number of benzene rings is 1. The zero-order valence-corrected chi connectivity index (χ0v) is 11.3. The number of rotatable bonds is 0. The third kappa shape index (κ3) is 2.75. The van der Waals surface area contributed by atoms with E-state index in [0.29, 0.717) is 6.54 Å². The summed E-state index contributed by atoms with van der Waals surface area (Å²) in [5.74, 6) is 0. The van der Waals surface area contributed by atoms with E-state index >= 15 is 0 Å². The highest BCUT2D eigenvalue weighted by Crippen LogP contribution is 2.24. The van der Waals surface area contributed by atoms with Crippen LogP contribution in [0.15, 0.2) is 18.2 Å². The standard InChI is InChI=1S/C14H21N3O/c1-14(2,3)16-13(18)17-8-7-10-5-4-6-12(15)11(10)9-17/h4-6H,7-9,15H2,1-3H3,(H,16,18). The Bertz CT molecular complexity index is 463. The van der Waals surface area contributed by atoms with Gasteiger partial charge in [-0.3, -0.25) is 0 Å². The highest BCUT2D eigenvalue weighted by molar-refractivity contribution is 5.75. The van der Waals surface area contributed by atoms with Gasteiger partial charge in [0.05, 0.1) is 0 Å². The van der Waals surface area contributed by atoms with Crippen molar-refractivity contribution in [2.45, 2.75) is 39.3 Å². The van der Waals surface area contributed by atoms with Crippen LogP contribution in [0.4, 0.5) is 10.5 Å². The molecule has 0 fully saturated rings. The monoisotopic (exact) mass is 247 g/mol. The summed E-state index contributed by atoms with van der Waals surface area (Å²) in [6, 6.07) is 5.93. The Hall–Kier alpha value is -1.71. The molecule has 1 aliphatic rings. The molecule has 18 heavy (non-hydrogen) atoms. The van der Waals surface area contributed by atoms with Crippen molar-refractivity contribution in [3.8, 4) is 0 Å². The number of hydrogen-bond acceptors (Lipinski definition) is 2. The number of nitrogens with zero attached hydrogens (tertiary/aromatic N) is 1. The fourth-order valence-corrected chi connectivity index (χ4v) is 2.18. The van der Waals surface area contributed by atoms with Crippen molar-refractivity contribution in [1.82, 2.24) is 10.2 Å². The van der Waals surface area contributed by atoms with E-state index in [1.54, 1.807) is 0 Å². The SMILES string of the molecule is CC(C)(C)NC(=O)N1CCc2cccc(N)c2C1. The minimum absolute atomic E-state index is 0.0172. The normalized spacial score (nSPS) is 15.2. The first-order valence-corrected chi connectivity index (χ1v) is 6.30. The van der Waals surface area contributed by atoms with Crippen LogP contribution in [0.5, 0.6) is 0 Å². The highest BCUT2D eigenvalue weighted by atomic mass is 16.2. The van der Waals surface area contributed by atoms with Gasteiger partial charge in [0.15, 0.2) is 0 Å². The number of carbonyl (C=O) groups is 1. The summed E-state index contributed by atoms with van der Waals surface area (Å²) in [7, 11) is 0. The second-order valence-corrected chi connectivity index (χ2v) is 5.84. The summed E-state index contributed by atoms with van der Waals surface area (Å²) in [4.78, 5) is 13.9. The van der Waals surface area contributed by atoms with Crippen LogP contribution in [0.3, 0.4) is 0 Å². The number of anilines is 1. The number of amides is 2. The van der Waals surface area contributed by atoms with Crippen molar-refractivity contribution in [2.24, 2.45) is 0 Å². The van der Waals surface area contributed by atoms with Gasteiger partial charge in [-0.1, -0.05) is 12.1 Å². The van der Waals surface area contributed by atoms with Crippen LogP contribution in [0.25, 0.3) is 0 Å². The van der Waals surface area contributed by atoms with Gasteiger partial charge in [-0.2, -0.15) is 0 Å². The minimum atomic E-state index is -0.209. The number of carbonyl (C=O) groups excluding carboxylic acids is 1.